The molecule has 1 fully saturated rings. The maximum Gasteiger partial charge on any atom is 0.326 e. The number of carboxylic acids is 1. The molecule has 1 aromatic rings. The van der Waals surface area contributed by atoms with E-state index in [0.29, 0.717) is 19.4 Å². The van der Waals surface area contributed by atoms with E-state index in [0.717, 1.165) is 24.3 Å². The summed E-state index contributed by atoms with van der Waals surface area (Å²) in [7, 11) is -3.75. The summed E-state index contributed by atoms with van der Waals surface area (Å²) in [5.41, 5.74) is 0. The molecule has 0 radical (unpaired) electrons. The van der Waals surface area contributed by atoms with E-state index in [2.05, 4.69) is 0 Å². The van der Waals surface area contributed by atoms with Crippen molar-refractivity contribution in [3.8, 4) is 0 Å². The van der Waals surface area contributed by atoms with Gasteiger partial charge in [0.05, 0.1) is 10.6 Å². The van der Waals surface area contributed by atoms with E-state index in [1.807, 2.05) is 0 Å². The Bertz CT molecular complexity index is 701. The minimum absolute atomic E-state index is 0.0604. The van der Waals surface area contributed by atoms with Crippen molar-refractivity contribution < 1.29 is 27.5 Å². The van der Waals surface area contributed by atoms with Crippen LogP contribution >= 0.6 is 0 Å². The van der Waals surface area contributed by atoms with Crippen LogP contribution in [0.3, 0.4) is 0 Å². The van der Waals surface area contributed by atoms with Crippen LogP contribution in [-0.4, -0.2) is 48.6 Å². The van der Waals surface area contributed by atoms with Gasteiger partial charge in [-0.2, -0.15) is 0 Å². The van der Waals surface area contributed by atoms with Crippen molar-refractivity contribution in [2.24, 2.45) is 5.92 Å². The zero-order chi connectivity index (χ0) is 17.2. The van der Waals surface area contributed by atoms with Gasteiger partial charge in [0.2, 0.25) is 5.91 Å². The van der Waals surface area contributed by atoms with Crippen LogP contribution in [0.5, 0.6) is 0 Å². The van der Waals surface area contributed by atoms with Crippen LogP contribution in [0.4, 0.5) is 4.39 Å². The summed E-state index contributed by atoms with van der Waals surface area (Å²) < 4.78 is 37.4. The van der Waals surface area contributed by atoms with Crippen LogP contribution < -0.4 is 0 Å². The predicted octanol–water partition coefficient (Wildman–Crippen LogP) is 1.31. The molecule has 2 atom stereocenters. The number of hydrogen-bond donors (Lipinski definition) is 1. The van der Waals surface area contributed by atoms with Crippen molar-refractivity contribution in [2.45, 2.75) is 30.7 Å². The number of benzene rings is 1. The van der Waals surface area contributed by atoms with Gasteiger partial charge in [-0.15, -0.1) is 0 Å². The first-order valence-corrected chi connectivity index (χ1v) is 8.89. The number of likely N-dealkylation sites (tertiary alicyclic amines) is 1. The Balaban J connectivity index is 2.11. The number of hydrogen-bond acceptors (Lipinski definition) is 4. The topological polar surface area (TPSA) is 91.8 Å². The number of amides is 1. The number of nitrogens with zero attached hydrogens (tertiary/aromatic N) is 1. The number of halogens is 1. The molecule has 1 aliphatic rings. The van der Waals surface area contributed by atoms with Crippen molar-refractivity contribution in [1.29, 1.82) is 0 Å². The highest BCUT2D eigenvalue weighted by Gasteiger charge is 2.37. The molecule has 6 nitrogen and oxygen atoms in total. The van der Waals surface area contributed by atoms with E-state index < -0.39 is 45.2 Å². The van der Waals surface area contributed by atoms with Crippen LogP contribution in [0.2, 0.25) is 0 Å². The predicted molar refractivity (Wildman–Crippen MR) is 80.0 cm³/mol. The fourth-order valence-corrected chi connectivity index (χ4v) is 4.25. The van der Waals surface area contributed by atoms with Crippen molar-refractivity contribution in [1.82, 2.24) is 4.90 Å². The van der Waals surface area contributed by atoms with Gasteiger partial charge in [0.15, 0.2) is 9.84 Å². The van der Waals surface area contributed by atoms with Crippen molar-refractivity contribution in [3.63, 3.8) is 0 Å². The molecule has 0 aromatic heterocycles. The molecule has 1 heterocycles. The van der Waals surface area contributed by atoms with E-state index in [-0.39, 0.29) is 4.90 Å². The van der Waals surface area contributed by atoms with Crippen LogP contribution in [0, 0.1) is 11.7 Å². The molecule has 0 bridgehead atoms. The maximum absolute atomic E-state index is 12.9. The third kappa shape index (κ3) is 3.87. The summed E-state index contributed by atoms with van der Waals surface area (Å²) in [6.45, 7) is 1.78. The molecule has 2 rings (SSSR count). The summed E-state index contributed by atoms with van der Waals surface area (Å²) >= 11 is 0. The molecular formula is C15H18FNO5S. The third-order valence-corrected chi connectivity index (χ3v) is 5.81. The number of sulfone groups is 1. The summed E-state index contributed by atoms with van der Waals surface area (Å²) in [5.74, 6) is -3.43. The second-order valence-electron chi connectivity index (χ2n) is 5.66. The van der Waals surface area contributed by atoms with E-state index in [9.17, 15) is 22.4 Å². The molecule has 1 N–H and O–H groups in total. The number of aliphatic carboxylic acids is 1. The average Bonchev–Trinajstić information content (AvgIpc) is 2.96. The van der Waals surface area contributed by atoms with Crippen molar-refractivity contribution in [3.05, 3.63) is 30.1 Å². The number of carbonyl (C=O) groups excluding carboxylic acids is 1. The molecule has 126 valence electrons. The van der Waals surface area contributed by atoms with E-state index in [1.165, 1.54) is 11.8 Å². The normalized spacial score (nSPS) is 19.6. The Hall–Kier alpha value is -1.96. The first-order chi connectivity index (χ1) is 10.7. The SMILES string of the molecule is C[C@H](CS(=O)(=O)c1ccc(F)cc1)C(=O)N1CCC[C@@H]1C(=O)O. The summed E-state index contributed by atoms with van der Waals surface area (Å²) in [4.78, 5) is 24.7. The number of carbonyl (C=O) groups is 2. The molecule has 23 heavy (non-hydrogen) atoms. The number of carboxylic acid groups (broad SMARTS) is 1. The summed E-state index contributed by atoms with van der Waals surface area (Å²) in [6.07, 6.45) is 0.957. The Labute approximate surface area is 133 Å². The van der Waals surface area contributed by atoms with E-state index in [1.54, 1.807) is 0 Å². The minimum atomic E-state index is -3.75. The largest absolute Gasteiger partial charge is 0.480 e. The van der Waals surface area contributed by atoms with Gasteiger partial charge in [-0.1, -0.05) is 6.92 Å². The molecule has 8 heteroatoms. The fourth-order valence-electron chi connectivity index (χ4n) is 2.71. The monoisotopic (exact) mass is 343 g/mol. The summed E-state index contributed by atoms with van der Waals surface area (Å²) in [5, 5.41) is 9.10. The van der Waals surface area contributed by atoms with Crippen molar-refractivity contribution >= 4 is 21.7 Å². The Morgan fingerprint density at radius 2 is 1.96 bits per heavy atom. The Morgan fingerprint density at radius 1 is 1.35 bits per heavy atom. The lowest BCUT2D eigenvalue weighted by Crippen LogP contribution is -2.44. The van der Waals surface area contributed by atoms with Crippen LogP contribution in [0.25, 0.3) is 0 Å². The van der Waals surface area contributed by atoms with E-state index >= 15 is 0 Å². The minimum Gasteiger partial charge on any atom is -0.480 e. The zero-order valence-corrected chi connectivity index (χ0v) is 13.4. The second kappa shape index (κ2) is 6.66. The lowest BCUT2D eigenvalue weighted by atomic mass is 10.1. The smallest absolute Gasteiger partial charge is 0.326 e. The molecule has 1 saturated heterocycles. The highest BCUT2D eigenvalue weighted by atomic mass is 32.2. The molecule has 1 amide bonds. The maximum atomic E-state index is 12.9. The molecular weight excluding hydrogens is 325 g/mol. The summed E-state index contributed by atoms with van der Waals surface area (Å²) in [6, 6.07) is 3.49. The van der Waals surface area contributed by atoms with Gasteiger partial charge in [0, 0.05) is 12.5 Å². The highest BCUT2D eigenvalue weighted by molar-refractivity contribution is 7.91. The van der Waals surface area contributed by atoms with Gasteiger partial charge in [-0.05, 0) is 37.1 Å². The number of rotatable bonds is 5. The molecule has 1 aromatic carbocycles. The molecule has 0 saturated carbocycles. The van der Waals surface area contributed by atoms with Crippen LogP contribution in [0.15, 0.2) is 29.2 Å². The molecule has 0 unspecified atom stereocenters. The molecule has 0 spiro atoms. The zero-order valence-electron chi connectivity index (χ0n) is 12.6. The highest BCUT2D eigenvalue weighted by Crippen LogP contribution is 2.22. The standard InChI is InChI=1S/C15H18FNO5S/c1-10(14(18)17-8-2-3-13(17)15(19)20)9-23(21,22)12-6-4-11(16)5-7-12/h4-7,10,13H,2-3,8-9H2,1H3,(H,19,20)/t10-,13-/m1/s1. The quantitative estimate of drug-likeness (QED) is 0.814. The van der Waals surface area contributed by atoms with Gasteiger partial charge >= 0.3 is 5.97 Å². The van der Waals surface area contributed by atoms with Gasteiger partial charge in [-0.25, -0.2) is 17.6 Å². The third-order valence-electron chi connectivity index (χ3n) is 3.88. The molecule has 1 aliphatic heterocycles. The van der Waals surface area contributed by atoms with Gasteiger partial charge in [0.25, 0.3) is 0 Å². The Morgan fingerprint density at radius 3 is 2.52 bits per heavy atom. The average molecular weight is 343 g/mol. The van der Waals surface area contributed by atoms with Gasteiger partial charge in [0.1, 0.15) is 11.9 Å². The van der Waals surface area contributed by atoms with Crippen molar-refractivity contribution in [2.75, 3.05) is 12.3 Å². The first kappa shape index (κ1) is 17.4. The van der Waals surface area contributed by atoms with E-state index in [4.69, 9.17) is 5.11 Å². The lowest BCUT2D eigenvalue weighted by molar-refractivity contribution is -0.149. The Kier molecular flexibility index (Phi) is 5.03. The van der Waals surface area contributed by atoms with Crippen LogP contribution in [-0.2, 0) is 19.4 Å². The van der Waals surface area contributed by atoms with Gasteiger partial charge in [-0.3, -0.25) is 4.79 Å². The first-order valence-electron chi connectivity index (χ1n) is 7.24. The molecule has 0 aliphatic carbocycles. The lowest BCUT2D eigenvalue weighted by Gasteiger charge is -2.24. The fraction of sp³-hybridized carbons (Fsp3) is 0.467. The van der Waals surface area contributed by atoms with Crippen LogP contribution in [0.1, 0.15) is 19.8 Å². The second-order valence-corrected chi connectivity index (χ2v) is 7.70. The van der Waals surface area contributed by atoms with Gasteiger partial charge < -0.3 is 10.0 Å².